The molecule has 0 aliphatic carbocycles. The van der Waals surface area contributed by atoms with Crippen molar-refractivity contribution in [2.45, 2.75) is 32.4 Å². The van der Waals surface area contributed by atoms with Gasteiger partial charge in [-0.3, -0.25) is 0 Å². The van der Waals surface area contributed by atoms with Crippen LogP contribution in [-0.4, -0.2) is 23.2 Å². The van der Waals surface area contributed by atoms with Crippen molar-refractivity contribution in [1.82, 2.24) is 0 Å². The Morgan fingerprint density at radius 1 is 1.53 bits per heavy atom. The van der Waals surface area contributed by atoms with E-state index in [2.05, 4.69) is 0 Å². The molecule has 4 nitrogen and oxygen atoms in total. The van der Waals surface area contributed by atoms with E-state index >= 15 is 0 Å². The molecule has 94 valence electrons. The van der Waals surface area contributed by atoms with Crippen LogP contribution >= 0.6 is 11.6 Å². The lowest BCUT2D eigenvalue weighted by molar-refractivity contribution is -0.144. The minimum atomic E-state index is -1.03. The summed E-state index contributed by atoms with van der Waals surface area (Å²) in [5.74, 6) is -0.657. The first kappa shape index (κ1) is 13.8. The Kier molecular flexibility index (Phi) is 4.78. The Labute approximate surface area is 105 Å². The number of benzene rings is 1. The van der Waals surface area contributed by atoms with E-state index in [1.807, 2.05) is 13.0 Å². The van der Waals surface area contributed by atoms with Crippen LogP contribution in [0.5, 0.6) is 5.75 Å². The second kappa shape index (κ2) is 5.89. The molecule has 0 heterocycles. The number of halogens is 1. The molecule has 0 saturated heterocycles. The van der Waals surface area contributed by atoms with E-state index in [-0.39, 0.29) is 6.04 Å². The maximum Gasteiger partial charge on any atom is 0.344 e. The lowest BCUT2D eigenvalue weighted by Gasteiger charge is -2.13. The Bertz CT molecular complexity index is 407. The summed E-state index contributed by atoms with van der Waals surface area (Å²) in [5.41, 5.74) is 6.68. The van der Waals surface area contributed by atoms with Crippen LogP contribution in [0.3, 0.4) is 0 Å². The number of carboxylic acid groups (broad SMARTS) is 1. The van der Waals surface area contributed by atoms with Crippen LogP contribution in [-0.2, 0) is 11.2 Å². The summed E-state index contributed by atoms with van der Waals surface area (Å²) in [6, 6.07) is 5.30. The number of carbonyl (C=O) groups is 1. The van der Waals surface area contributed by atoms with E-state index in [0.717, 1.165) is 5.56 Å². The fraction of sp³-hybridized carbons (Fsp3) is 0.417. The maximum atomic E-state index is 10.6. The molecule has 0 aliphatic heterocycles. The molecule has 0 aliphatic rings. The Balaban J connectivity index is 2.79. The Morgan fingerprint density at radius 3 is 2.65 bits per heavy atom. The molecular formula is C12H16ClNO3. The monoisotopic (exact) mass is 257 g/mol. The molecule has 1 rings (SSSR count). The van der Waals surface area contributed by atoms with Crippen molar-refractivity contribution in [3.8, 4) is 5.75 Å². The van der Waals surface area contributed by atoms with E-state index in [1.165, 1.54) is 6.92 Å². The molecule has 0 fully saturated rings. The van der Waals surface area contributed by atoms with E-state index in [1.54, 1.807) is 12.1 Å². The number of hydrogen-bond donors (Lipinski definition) is 2. The van der Waals surface area contributed by atoms with Gasteiger partial charge in [-0.1, -0.05) is 17.7 Å². The fourth-order valence-corrected chi connectivity index (χ4v) is 1.63. The van der Waals surface area contributed by atoms with Crippen LogP contribution in [0.2, 0.25) is 5.02 Å². The van der Waals surface area contributed by atoms with Crippen molar-refractivity contribution in [2.24, 2.45) is 5.73 Å². The Hall–Kier alpha value is -1.26. The number of rotatable bonds is 5. The first-order valence-corrected chi connectivity index (χ1v) is 5.71. The number of ether oxygens (including phenoxy) is 1. The molecular weight excluding hydrogens is 242 g/mol. The molecule has 2 unspecified atom stereocenters. The van der Waals surface area contributed by atoms with Gasteiger partial charge in [0, 0.05) is 6.04 Å². The van der Waals surface area contributed by atoms with Crippen molar-refractivity contribution in [1.29, 1.82) is 0 Å². The van der Waals surface area contributed by atoms with E-state index in [9.17, 15) is 4.79 Å². The van der Waals surface area contributed by atoms with Crippen LogP contribution in [0.25, 0.3) is 0 Å². The average molecular weight is 258 g/mol. The second-order valence-corrected chi connectivity index (χ2v) is 4.45. The van der Waals surface area contributed by atoms with Gasteiger partial charge >= 0.3 is 5.97 Å². The number of aliphatic carboxylic acids is 1. The van der Waals surface area contributed by atoms with Gasteiger partial charge in [0.2, 0.25) is 0 Å². The molecule has 2 atom stereocenters. The summed E-state index contributed by atoms with van der Waals surface area (Å²) in [4.78, 5) is 10.6. The third-order valence-electron chi connectivity index (χ3n) is 2.21. The third-order valence-corrected chi connectivity index (χ3v) is 2.50. The summed E-state index contributed by atoms with van der Waals surface area (Å²) in [5, 5.41) is 9.12. The molecule has 0 aromatic heterocycles. The van der Waals surface area contributed by atoms with Crippen molar-refractivity contribution in [3.63, 3.8) is 0 Å². The van der Waals surface area contributed by atoms with Crippen molar-refractivity contribution in [3.05, 3.63) is 28.8 Å². The van der Waals surface area contributed by atoms with Crippen LogP contribution in [0, 0.1) is 0 Å². The number of nitrogens with two attached hydrogens (primary N) is 1. The zero-order chi connectivity index (χ0) is 13.0. The van der Waals surface area contributed by atoms with Crippen molar-refractivity contribution < 1.29 is 14.6 Å². The smallest absolute Gasteiger partial charge is 0.344 e. The third kappa shape index (κ3) is 4.24. The normalized spacial score (nSPS) is 14.1. The molecule has 3 N–H and O–H groups in total. The molecule has 1 aromatic carbocycles. The average Bonchev–Trinajstić information content (AvgIpc) is 2.20. The Morgan fingerprint density at radius 2 is 2.18 bits per heavy atom. The summed E-state index contributed by atoms with van der Waals surface area (Å²) >= 11 is 6.00. The van der Waals surface area contributed by atoms with Crippen LogP contribution in [0.15, 0.2) is 18.2 Å². The van der Waals surface area contributed by atoms with E-state index in [4.69, 9.17) is 27.2 Å². The topological polar surface area (TPSA) is 72.5 Å². The second-order valence-electron chi connectivity index (χ2n) is 4.04. The fourth-order valence-electron chi connectivity index (χ4n) is 1.38. The van der Waals surface area contributed by atoms with Crippen LogP contribution in [0.1, 0.15) is 19.4 Å². The van der Waals surface area contributed by atoms with Gasteiger partial charge in [-0.25, -0.2) is 4.79 Å². The highest BCUT2D eigenvalue weighted by molar-refractivity contribution is 6.32. The molecule has 0 saturated carbocycles. The standard InChI is InChI=1S/C12H16ClNO3/c1-7(14)5-9-3-4-11(10(13)6-9)17-8(2)12(15)16/h3-4,6-8H,5,14H2,1-2H3,(H,15,16). The van der Waals surface area contributed by atoms with Crippen LogP contribution in [0.4, 0.5) is 0 Å². The first-order chi connectivity index (χ1) is 7.90. The molecule has 0 amide bonds. The molecule has 17 heavy (non-hydrogen) atoms. The zero-order valence-corrected chi connectivity index (χ0v) is 10.6. The lowest BCUT2D eigenvalue weighted by Crippen LogP contribution is -2.23. The molecule has 5 heteroatoms. The van der Waals surface area contributed by atoms with Gasteiger partial charge < -0.3 is 15.6 Å². The van der Waals surface area contributed by atoms with Gasteiger partial charge in [-0.2, -0.15) is 0 Å². The van der Waals surface area contributed by atoms with Gasteiger partial charge in [-0.15, -0.1) is 0 Å². The minimum absolute atomic E-state index is 0.0516. The predicted molar refractivity (Wildman–Crippen MR) is 66.5 cm³/mol. The van der Waals surface area contributed by atoms with Gasteiger partial charge in [0.05, 0.1) is 5.02 Å². The summed E-state index contributed by atoms with van der Waals surface area (Å²) in [6.45, 7) is 3.36. The zero-order valence-electron chi connectivity index (χ0n) is 9.81. The van der Waals surface area contributed by atoms with E-state index in [0.29, 0.717) is 17.2 Å². The van der Waals surface area contributed by atoms with Gasteiger partial charge in [0.15, 0.2) is 6.10 Å². The first-order valence-electron chi connectivity index (χ1n) is 5.33. The molecule has 0 bridgehead atoms. The molecule has 1 aromatic rings. The summed E-state index contributed by atoms with van der Waals surface area (Å²) in [6.07, 6.45) is -0.208. The highest BCUT2D eigenvalue weighted by Gasteiger charge is 2.14. The largest absolute Gasteiger partial charge is 0.479 e. The quantitative estimate of drug-likeness (QED) is 0.847. The highest BCUT2D eigenvalue weighted by Crippen LogP contribution is 2.26. The van der Waals surface area contributed by atoms with Crippen molar-refractivity contribution in [2.75, 3.05) is 0 Å². The SMILES string of the molecule is CC(N)Cc1ccc(OC(C)C(=O)O)c(Cl)c1. The van der Waals surface area contributed by atoms with E-state index < -0.39 is 12.1 Å². The van der Waals surface area contributed by atoms with Crippen LogP contribution < -0.4 is 10.5 Å². The summed E-state index contributed by atoms with van der Waals surface area (Å²) in [7, 11) is 0. The van der Waals surface area contributed by atoms with Gasteiger partial charge in [0.25, 0.3) is 0 Å². The lowest BCUT2D eigenvalue weighted by atomic mass is 10.1. The molecule has 0 radical (unpaired) electrons. The van der Waals surface area contributed by atoms with Crippen molar-refractivity contribution >= 4 is 17.6 Å². The highest BCUT2D eigenvalue weighted by atomic mass is 35.5. The number of carboxylic acids is 1. The summed E-state index contributed by atoms with van der Waals surface area (Å²) < 4.78 is 5.20. The maximum absolute atomic E-state index is 10.6. The van der Waals surface area contributed by atoms with Gasteiger partial charge in [-0.05, 0) is 38.0 Å². The molecule has 0 spiro atoms. The van der Waals surface area contributed by atoms with Gasteiger partial charge in [0.1, 0.15) is 5.75 Å². The number of hydrogen-bond acceptors (Lipinski definition) is 3. The predicted octanol–water partition coefficient (Wildman–Crippen LogP) is 2.08. The minimum Gasteiger partial charge on any atom is -0.479 e.